The van der Waals surface area contributed by atoms with Gasteiger partial charge in [-0.1, -0.05) is 25.8 Å². The highest BCUT2D eigenvalue weighted by Gasteiger charge is 2.09. The highest BCUT2D eigenvalue weighted by molar-refractivity contribution is 7.85. The normalized spacial score (nSPS) is 15.3. The fraction of sp³-hybridized carbons (Fsp3) is 1.00. The number of rotatable bonds is 5. The molecule has 1 unspecified atom stereocenters. The molecule has 0 fully saturated rings. The first kappa shape index (κ1) is 12.1. The molecule has 0 aromatic rings. The fourth-order valence-corrected chi connectivity index (χ4v) is 1.86. The Kier molecular flexibility index (Phi) is 5.04. The Morgan fingerprint density at radius 2 is 1.92 bits per heavy atom. The van der Waals surface area contributed by atoms with Crippen LogP contribution in [-0.4, -0.2) is 29.0 Å². The van der Waals surface area contributed by atoms with Gasteiger partial charge in [-0.2, -0.15) is 8.42 Å². The molecule has 0 aromatic heterocycles. The summed E-state index contributed by atoms with van der Waals surface area (Å²) in [7, 11) is -2.63. The Bertz CT molecular complexity index is 211. The van der Waals surface area contributed by atoms with E-state index in [1.807, 2.05) is 0 Å². The molecular formula is C7H18O3SSi. The van der Waals surface area contributed by atoms with Crippen molar-refractivity contribution >= 4 is 20.4 Å². The highest BCUT2D eigenvalue weighted by Crippen LogP contribution is 2.19. The molecule has 0 aliphatic heterocycles. The molecule has 3 nitrogen and oxygen atoms in total. The third kappa shape index (κ3) is 6.81. The van der Waals surface area contributed by atoms with Gasteiger partial charge in [-0.05, 0) is 12.3 Å². The van der Waals surface area contributed by atoms with Crippen molar-refractivity contribution < 1.29 is 13.0 Å². The van der Waals surface area contributed by atoms with E-state index in [0.29, 0.717) is 17.9 Å². The largest absolute Gasteiger partial charge is 0.286 e. The number of hydrogen-bond acceptors (Lipinski definition) is 2. The summed E-state index contributed by atoms with van der Waals surface area (Å²) in [6.07, 6.45) is 1.51. The van der Waals surface area contributed by atoms with Crippen molar-refractivity contribution in [3.8, 4) is 0 Å². The summed E-state index contributed by atoms with van der Waals surface area (Å²) in [6.45, 7) is 4.29. The first-order valence-corrected chi connectivity index (χ1v) is 7.04. The Hall–Kier alpha value is 0.127. The maximum atomic E-state index is 10.3. The van der Waals surface area contributed by atoms with Crippen LogP contribution in [0.25, 0.3) is 0 Å². The molecule has 1 N–H and O–H groups in total. The molecule has 0 aliphatic rings. The smallest absolute Gasteiger partial charge is 0.264 e. The maximum Gasteiger partial charge on any atom is 0.264 e. The zero-order valence-electron chi connectivity index (χ0n) is 7.95. The van der Waals surface area contributed by atoms with E-state index < -0.39 is 10.1 Å². The van der Waals surface area contributed by atoms with Crippen LogP contribution in [0.2, 0.25) is 5.54 Å². The number of hydrogen-bond donors (Lipinski definition) is 1. The van der Waals surface area contributed by atoms with Gasteiger partial charge in [0, 0.05) is 10.2 Å². The Labute approximate surface area is 77.7 Å². The van der Waals surface area contributed by atoms with Crippen molar-refractivity contribution in [2.24, 2.45) is 5.92 Å². The first-order valence-electron chi connectivity index (χ1n) is 4.28. The van der Waals surface area contributed by atoms with E-state index in [4.69, 9.17) is 4.55 Å². The van der Waals surface area contributed by atoms with Crippen LogP contribution >= 0.6 is 0 Å². The average Bonchev–Trinajstić information content (AvgIpc) is 1.84. The molecule has 0 radical (unpaired) electrons. The Morgan fingerprint density at radius 3 is 2.25 bits per heavy atom. The van der Waals surface area contributed by atoms with Gasteiger partial charge in [0.05, 0.1) is 5.75 Å². The minimum absolute atomic E-state index is 0.0849. The molecular weight excluding hydrogens is 192 g/mol. The molecule has 0 aliphatic carbocycles. The molecule has 0 aromatic carbocycles. The van der Waals surface area contributed by atoms with E-state index in [1.54, 1.807) is 0 Å². The van der Waals surface area contributed by atoms with Gasteiger partial charge in [0.25, 0.3) is 10.1 Å². The third-order valence-corrected chi connectivity index (χ3v) is 4.92. The highest BCUT2D eigenvalue weighted by atomic mass is 32.2. The van der Waals surface area contributed by atoms with Gasteiger partial charge in [-0.3, -0.25) is 4.55 Å². The lowest BCUT2D eigenvalue weighted by Crippen LogP contribution is -2.07. The van der Waals surface area contributed by atoms with Crippen molar-refractivity contribution in [1.82, 2.24) is 0 Å². The summed E-state index contributed by atoms with van der Waals surface area (Å²) < 4.78 is 29.2. The van der Waals surface area contributed by atoms with Gasteiger partial charge < -0.3 is 0 Å². The quantitative estimate of drug-likeness (QED) is 0.530. The molecule has 0 bridgehead atoms. The lowest BCUT2D eigenvalue weighted by molar-refractivity contribution is 0.475. The van der Waals surface area contributed by atoms with E-state index in [-0.39, 0.29) is 5.75 Å². The summed E-state index contributed by atoms with van der Waals surface area (Å²) in [5.74, 6) is 0.552. The fourth-order valence-electron chi connectivity index (χ4n) is 0.921. The molecule has 0 rings (SSSR count). The lowest BCUT2D eigenvalue weighted by Gasteiger charge is -2.13. The van der Waals surface area contributed by atoms with Gasteiger partial charge in [0.1, 0.15) is 0 Å². The van der Waals surface area contributed by atoms with E-state index in [9.17, 15) is 8.42 Å². The Morgan fingerprint density at radius 1 is 1.42 bits per heavy atom. The van der Waals surface area contributed by atoms with Crippen LogP contribution in [0.15, 0.2) is 0 Å². The second kappa shape index (κ2) is 4.99. The Balaban J connectivity index is 3.58. The minimum atomic E-state index is -3.73. The van der Waals surface area contributed by atoms with Crippen molar-refractivity contribution in [2.75, 3.05) is 5.75 Å². The van der Waals surface area contributed by atoms with Gasteiger partial charge in [-0.15, -0.1) is 0 Å². The molecule has 0 saturated heterocycles. The van der Waals surface area contributed by atoms with Crippen LogP contribution < -0.4 is 0 Å². The maximum absolute atomic E-state index is 10.3. The van der Waals surface area contributed by atoms with Crippen molar-refractivity contribution in [3.05, 3.63) is 0 Å². The van der Waals surface area contributed by atoms with Gasteiger partial charge >= 0.3 is 0 Å². The molecule has 0 amide bonds. The summed E-state index contributed by atoms with van der Waals surface area (Å²) in [6, 6.07) is 0. The summed E-state index contributed by atoms with van der Waals surface area (Å²) in [5, 5.41) is 0. The predicted molar refractivity (Wildman–Crippen MR) is 54.2 cm³/mol. The predicted octanol–water partition coefficient (Wildman–Crippen LogP) is 0.464. The first-order chi connectivity index (χ1) is 5.33. The van der Waals surface area contributed by atoms with E-state index in [2.05, 4.69) is 13.8 Å². The van der Waals surface area contributed by atoms with Gasteiger partial charge in [-0.25, -0.2) is 0 Å². The standard InChI is InChI=1S/C7H18O3SSi/c1-6(2)7(12)4-3-5-11(8,9)10/h6-7H,3-5H2,1-2,12H3,(H,8,9,10). The molecule has 0 spiro atoms. The lowest BCUT2D eigenvalue weighted by atomic mass is 10.1. The molecule has 1 atom stereocenters. The SMILES string of the molecule is CC(C)C([SiH3])CCCS(=O)(=O)O. The van der Waals surface area contributed by atoms with Crippen molar-refractivity contribution in [3.63, 3.8) is 0 Å². The zero-order valence-corrected chi connectivity index (χ0v) is 10.8. The van der Waals surface area contributed by atoms with Crippen LogP contribution in [0, 0.1) is 5.92 Å². The molecule has 5 heteroatoms. The third-order valence-electron chi connectivity index (χ3n) is 2.20. The summed E-state index contributed by atoms with van der Waals surface area (Å²) in [5.41, 5.74) is 0.659. The van der Waals surface area contributed by atoms with Crippen LogP contribution in [0.3, 0.4) is 0 Å². The van der Waals surface area contributed by atoms with Gasteiger partial charge in [0.15, 0.2) is 0 Å². The van der Waals surface area contributed by atoms with E-state index >= 15 is 0 Å². The van der Waals surface area contributed by atoms with Crippen LogP contribution in [-0.2, 0) is 10.1 Å². The second-order valence-electron chi connectivity index (χ2n) is 3.65. The van der Waals surface area contributed by atoms with Crippen LogP contribution in [0.4, 0.5) is 0 Å². The minimum Gasteiger partial charge on any atom is -0.286 e. The molecule has 0 saturated carbocycles. The summed E-state index contributed by atoms with van der Waals surface area (Å²) >= 11 is 0. The molecule has 12 heavy (non-hydrogen) atoms. The molecule has 0 heterocycles. The van der Waals surface area contributed by atoms with Crippen molar-refractivity contribution in [2.45, 2.75) is 32.2 Å². The topological polar surface area (TPSA) is 54.4 Å². The van der Waals surface area contributed by atoms with Gasteiger partial charge in [0.2, 0.25) is 0 Å². The average molecular weight is 210 g/mol. The van der Waals surface area contributed by atoms with E-state index in [1.165, 1.54) is 0 Å². The van der Waals surface area contributed by atoms with Crippen LogP contribution in [0.5, 0.6) is 0 Å². The van der Waals surface area contributed by atoms with Crippen LogP contribution in [0.1, 0.15) is 26.7 Å². The van der Waals surface area contributed by atoms with Crippen molar-refractivity contribution in [1.29, 1.82) is 0 Å². The molecule has 74 valence electrons. The monoisotopic (exact) mass is 210 g/mol. The summed E-state index contributed by atoms with van der Waals surface area (Å²) in [4.78, 5) is 0. The second-order valence-corrected chi connectivity index (χ2v) is 6.70. The van der Waals surface area contributed by atoms with E-state index in [0.717, 1.165) is 16.7 Å². The zero-order chi connectivity index (χ0) is 9.78.